The summed E-state index contributed by atoms with van der Waals surface area (Å²) in [7, 11) is 0. The van der Waals surface area contributed by atoms with Crippen molar-refractivity contribution in [3.05, 3.63) is 40.8 Å². The molecule has 0 saturated heterocycles. The zero-order chi connectivity index (χ0) is 8.97. The van der Waals surface area contributed by atoms with Gasteiger partial charge in [-0.25, -0.2) is 0 Å². The van der Waals surface area contributed by atoms with Gasteiger partial charge in [-0.3, -0.25) is 0 Å². The first-order chi connectivity index (χ1) is 5.75. The molecule has 0 bridgehead atoms. The number of nitroso groups, excluding NO2 is 1. The standard InChI is InChI=1S/C9H12N2O/c1-7(10)9(11-12)8-5-3-2-4-6-8/h2-7,9H,10H2,1H3. The molecule has 1 rings (SSSR count). The molecule has 0 saturated carbocycles. The van der Waals surface area contributed by atoms with Crippen LogP contribution >= 0.6 is 0 Å². The highest BCUT2D eigenvalue weighted by Gasteiger charge is 2.15. The second kappa shape index (κ2) is 3.97. The van der Waals surface area contributed by atoms with Crippen LogP contribution in [0.15, 0.2) is 35.5 Å². The minimum Gasteiger partial charge on any atom is -0.326 e. The Balaban J connectivity index is 2.88. The van der Waals surface area contributed by atoms with Crippen molar-refractivity contribution in [2.75, 3.05) is 0 Å². The summed E-state index contributed by atoms with van der Waals surface area (Å²) in [5, 5.41) is 2.98. The van der Waals surface area contributed by atoms with Gasteiger partial charge in [-0.05, 0) is 12.5 Å². The summed E-state index contributed by atoms with van der Waals surface area (Å²) in [4.78, 5) is 10.4. The van der Waals surface area contributed by atoms with Crippen molar-refractivity contribution >= 4 is 0 Å². The molecule has 1 aromatic carbocycles. The summed E-state index contributed by atoms with van der Waals surface area (Å²) in [5.74, 6) is 0. The van der Waals surface area contributed by atoms with Crippen molar-refractivity contribution in [3.8, 4) is 0 Å². The second-order valence-electron chi connectivity index (χ2n) is 2.82. The van der Waals surface area contributed by atoms with Gasteiger partial charge in [0.25, 0.3) is 0 Å². The number of rotatable bonds is 3. The van der Waals surface area contributed by atoms with Gasteiger partial charge >= 0.3 is 0 Å². The number of nitrogens with zero attached hydrogens (tertiary/aromatic N) is 1. The van der Waals surface area contributed by atoms with Crippen LogP contribution in [0.5, 0.6) is 0 Å². The molecule has 3 heteroatoms. The van der Waals surface area contributed by atoms with E-state index < -0.39 is 6.04 Å². The fourth-order valence-corrected chi connectivity index (χ4v) is 1.11. The van der Waals surface area contributed by atoms with Crippen LogP contribution in [0.2, 0.25) is 0 Å². The van der Waals surface area contributed by atoms with Gasteiger partial charge in [0.15, 0.2) is 0 Å². The third kappa shape index (κ3) is 1.89. The quantitative estimate of drug-likeness (QED) is 0.693. The lowest BCUT2D eigenvalue weighted by Gasteiger charge is -2.12. The molecule has 2 N–H and O–H groups in total. The molecule has 0 fully saturated rings. The van der Waals surface area contributed by atoms with E-state index in [1.165, 1.54) is 0 Å². The second-order valence-corrected chi connectivity index (χ2v) is 2.82. The molecule has 0 heterocycles. The summed E-state index contributed by atoms with van der Waals surface area (Å²) >= 11 is 0. The molecule has 0 aliphatic rings. The predicted molar refractivity (Wildman–Crippen MR) is 48.6 cm³/mol. The minimum absolute atomic E-state index is 0.232. The van der Waals surface area contributed by atoms with E-state index >= 15 is 0 Å². The maximum absolute atomic E-state index is 10.4. The first-order valence-electron chi connectivity index (χ1n) is 3.88. The summed E-state index contributed by atoms with van der Waals surface area (Å²) in [6, 6.07) is 8.69. The summed E-state index contributed by atoms with van der Waals surface area (Å²) in [6.07, 6.45) is 0. The lowest BCUT2D eigenvalue weighted by molar-refractivity contribution is 0.587. The third-order valence-corrected chi connectivity index (χ3v) is 1.75. The van der Waals surface area contributed by atoms with Crippen LogP contribution in [-0.2, 0) is 0 Å². The average molecular weight is 164 g/mol. The molecule has 12 heavy (non-hydrogen) atoms. The van der Waals surface area contributed by atoms with Crippen molar-refractivity contribution in [1.29, 1.82) is 0 Å². The van der Waals surface area contributed by atoms with E-state index in [9.17, 15) is 4.91 Å². The number of nitrogens with two attached hydrogens (primary N) is 1. The topological polar surface area (TPSA) is 55.4 Å². The van der Waals surface area contributed by atoms with Gasteiger partial charge < -0.3 is 5.73 Å². The maximum Gasteiger partial charge on any atom is 0.132 e. The Morgan fingerprint density at radius 3 is 2.33 bits per heavy atom. The maximum atomic E-state index is 10.4. The van der Waals surface area contributed by atoms with Crippen LogP contribution in [0.25, 0.3) is 0 Å². The monoisotopic (exact) mass is 164 g/mol. The Bertz CT molecular complexity index is 246. The van der Waals surface area contributed by atoms with Gasteiger partial charge in [-0.2, -0.15) is 4.91 Å². The van der Waals surface area contributed by atoms with Gasteiger partial charge in [0, 0.05) is 6.04 Å². The molecule has 0 amide bonds. The Hall–Kier alpha value is -1.22. The minimum atomic E-state index is -0.425. The summed E-state index contributed by atoms with van der Waals surface area (Å²) < 4.78 is 0. The van der Waals surface area contributed by atoms with Crippen molar-refractivity contribution in [2.45, 2.75) is 19.0 Å². The van der Waals surface area contributed by atoms with E-state index in [1.54, 1.807) is 6.92 Å². The normalized spacial score (nSPS) is 15.2. The molecule has 1 aromatic rings. The van der Waals surface area contributed by atoms with E-state index in [2.05, 4.69) is 5.18 Å². The lowest BCUT2D eigenvalue weighted by Crippen LogP contribution is -2.22. The van der Waals surface area contributed by atoms with Gasteiger partial charge in [0.05, 0.1) is 0 Å². The smallest absolute Gasteiger partial charge is 0.132 e. The van der Waals surface area contributed by atoms with E-state index in [0.29, 0.717) is 0 Å². The van der Waals surface area contributed by atoms with Gasteiger partial charge in [-0.1, -0.05) is 35.5 Å². The fraction of sp³-hybridized carbons (Fsp3) is 0.333. The van der Waals surface area contributed by atoms with Crippen LogP contribution in [0.3, 0.4) is 0 Å². The van der Waals surface area contributed by atoms with Gasteiger partial charge in [0.1, 0.15) is 6.04 Å². The molecular weight excluding hydrogens is 152 g/mol. The van der Waals surface area contributed by atoms with Gasteiger partial charge in [0.2, 0.25) is 0 Å². The molecule has 0 spiro atoms. The molecule has 2 atom stereocenters. The zero-order valence-electron chi connectivity index (χ0n) is 6.97. The first kappa shape index (κ1) is 8.87. The summed E-state index contributed by atoms with van der Waals surface area (Å²) in [6.45, 7) is 1.78. The van der Waals surface area contributed by atoms with Crippen LogP contribution < -0.4 is 5.73 Å². The highest BCUT2D eigenvalue weighted by atomic mass is 16.3. The van der Waals surface area contributed by atoms with Crippen LogP contribution in [0, 0.1) is 4.91 Å². The zero-order valence-corrected chi connectivity index (χ0v) is 6.97. The van der Waals surface area contributed by atoms with E-state index in [0.717, 1.165) is 5.56 Å². The highest BCUT2D eigenvalue weighted by molar-refractivity contribution is 5.20. The molecule has 3 nitrogen and oxygen atoms in total. The molecule has 64 valence electrons. The van der Waals surface area contributed by atoms with E-state index in [-0.39, 0.29) is 6.04 Å². The van der Waals surface area contributed by atoms with Crippen LogP contribution in [-0.4, -0.2) is 6.04 Å². The Morgan fingerprint density at radius 1 is 1.33 bits per heavy atom. The summed E-state index contributed by atoms with van der Waals surface area (Å²) in [5.41, 5.74) is 6.46. The Kier molecular flexibility index (Phi) is 2.94. The predicted octanol–water partition coefficient (Wildman–Crippen LogP) is 1.84. The third-order valence-electron chi connectivity index (χ3n) is 1.75. The molecule has 0 radical (unpaired) electrons. The molecule has 0 aliphatic heterocycles. The van der Waals surface area contributed by atoms with E-state index in [4.69, 9.17) is 5.73 Å². The van der Waals surface area contributed by atoms with Gasteiger partial charge in [-0.15, -0.1) is 0 Å². The van der Waals surface area contributed by atoms with Crippen LogP contribution in [0.1, 0.15) is 18.5 Å². The van der Waals surface area contributed by atoms with Crippen molar-refractivity contribution < 1.29 is 0 Å². The fourth-order valence-electron chi connectivity index (χ4n) is 1.11. The Morgan fingerprint density at radius 2 is 1.92 bits per heavy atom. The SMILES string of the molecule is CC(N)C(N=O)c1ccccc1. The van der Waals surface area contributed by atoms with E-state index in [1.807, 2.05) is 30.3 Å². The average Bonchev–Trinajstić information content (AvgIpc) is 2.07. The van der Waals surface area contributed by atoms with Crippen molar-refractivity contribution in [2.24, 2.45) is 10.9 Å². The van der Waals surface area contributed by atoms with Crippen molar-refractivity contribution in [3.63, 3.8) is 0 Å². The lowest BCUT2D eigenvalue weighted by atomic mass is 10.0. The first-order valence-corrected chi connectivity index (χ1v) is 3.88. The molecule has 0 aromatic heterocycles. The molecule has 0 aliphatic carbocycles. The highest BCUT2D eigenvalue weighted by Crippen LogP contribution is 2.18. The Labute approximate surface area is 71.6 Å². The molecule has 2 unspecified atom stereocenters. The number of hydrogen-bond acceptors (Lipinski definition) is 3. The number of hydrogen-bond donors (Lipinski definition) is 1. The number of benzene rings is 1. The van der Waals surface area contributed by atoms with Crippen molar-refractivity contribution in [1.82, 2.24) is 0 Å². The largest absolute Gasteiger partial charge is 0.326 e. The van der Waals surface area contributed by atoms with Crippen LogP contribution in [0.4, 0.5) is 0 Å². The molecular formula is C9H12N2O.